The molecule has 2 aromatic rings. The highest BCUT2D eigenvalue weighted by Gasteiger charge is 2.51. The fraction of sp³-hybridized carbons (Fsp3) is 0.286. The second kappa shape index (κ2) is 8.29. The Morgan fingerprint density at radius 3 is 2.48 bits per heavy atom. The number of halogens is 3. The fourth-order valence-corrected chi connectivity index (χ4v) is 3.33. The van der Waals surface area contributed by atoms with Gasteiger partial charge in [0.1, 0.15) is 23.7 Å². The number of nitrogens with zero attached hydrogens (tertiary/aromatic N) is 2. The highest BCUT2D eigenvalue weighted by molar-refractivity contribution is 6.09. The van der Waals surface area contributed by atoms with Crippen molar-refractivity contribution in [3.8, 4) is 5.75 Å². The SMILES string of the molecule is COc1ccc(CN(C)C(=O)CN2C(=O)NC(C)(c3cc(F)ccc3F)C2=O)cc1F. The summed E-state index contributed by atoms with van der Waals surface area (Å²) in [6, 6.07) is 5.85. The zero-order valence-corrected chi connectivity index (χ0v) is 17.0. The van der Waals surface area contributed by atoms with Crippen molar-refractivity contribution in [1.29, 1.82) is 0 Å². The van der Waals surface area contributed by atoms with E-state index in [4.69, 9.17) is 4.74 Å². The van der Waals surface area contributed by atoms with Crippen molar-refractivity contribution in [3.63, 3.8) is 0 Å². The molecule has 1 aliphatic rings. The summed E-state index contributed by atoms with van der Waals surface area (Å²) < 4.78 is 46.5. The first-order chi connectivity index (χ1) is 14.6. The Hall–Kier alpha value is -3.56. The number of urea groups is 1. The second-order valence-electron chi connectivity index (χ2n) is 7.29. The van der Waals surface area contributed by atoms with E-state index in [1.165, 1.54) is 38.1 Å². The standard InChI is InChI=1S/C21H20F3N3O4/c1-21(14-9-13(22)5-6-15(14)23)19(29)27(20(30)25-21)11-18(28)26(2)10-12-4-7-17(31-3)16(24)8-12/h4-9H,10-11H2,1-3H3,(H,25,30). The third-order valence-electron chi connectivity index (χ3n) is 5.10. The summed E-state index contributed by atoms with van der Waals surface area (Å²) in [6.07, 6.45) is 0. The van der Waals surface area contributed by atoms with Crippen LogP contribution in [0.15, 0.2) is 36.4 Å². The van der Waals surface area contributed by atoms with Crippen molar-refractivity contribution >= 4 is 17.8 Å². The monoisotopic (exact) mass is 435 g/mol. The van der Waals surface area contributed by atoms with Crippen molar-refractivity contribution in [2.75, 3.05) is 20.7 Å². The van der Waals surface area contributed by atoms with E-state index < -0.39 is 47.4 Å². The molecule has 3 rings (SSSR count). The molecular formula is C21H20F3N3O4. The summed E-state index contributed by atoms with van der Waals surface area (Å²) >= 11 is 0. The van der Waals surface area contributed by atoms with E-state index in [1.807, 2.05) is 0 Å². The average molecular weight is 435 g/mol. The van der Waals surface area contributed by atoms with E-state index in [1.54, 1.807) is 6.07 Å². The summed E-state index contributed by atoms with van der Waals surface area (Å²) in [5.41, 5.74) is -1.73. The molecule has 4 amide bonds. The van der Waals surface area contributed by atoms with E-state index in [0.717, 1.165) is 18.2 Å². The molecule has 7 nitrogen and oxygen atoms in total. The number of likely N-dealkylation sites (N-methyl/N-ethyl adjacent to an activating group) is 1. The third kappa shape index (κ3) is 4.18. The Labute approximate surface area is 176 Å². The number of ether oxygens (including phenoxy) is 1. The van der Waals surface area contributed by atoms with Crippen LogP contribution in [-0.4, -0.2) is 48.3 Å². The van der Waals surface area contributed by atoms with Gasteiger partial charge in [0, 0.05) is 19.2 Å². The lowest BCUT2D eigenvalue weighted by Gasteiger charge is -2.23. The Bertz CT molecular complexity index is 1060. The van der Waals surface area contributed by atoms with Crippen LogP contribution >= 0.6 is 0 Å². The molecule has 31 heavy (non-hydrogen) atoms. The number of nitrogens with one attached hydrogen (secondary N) is 1. The van der Waals surface area contributed by atoms with Gasteiger partial charge in [-0.15, -0.1) is 0 Å². The maximum Gasteiger partial charge on any atom is 0.325 e. The number of carbonyl (C=O) groups is 3. The number of carbonyl (C=O) groups excluding carboxylic acids is 3. The summed E-state index contributed by atoms with van der Waals surface area (Å²) in [6.45, 7) is 0.630. The molecule has 0 radical (unpaired) electrons. The van der Waals surface area contributed by atoms with Gasteiger partial charge < -0.3 is 15.0 Å². The van der Waals surface area contributed by atoms with E-state index in [2.05, 4.69) is 5.32 Å². The maximum atomic E-state index is 14.2. The summed E-state index contributed by atoms with van der Waals surface area (Å²) in [7, 11) is 2.75. The Kier molecular flexibility index (Phi) is 5.92. The summed E-state index contributed by atoms with van der Waals surface area (Å²) in [5, 5.41) is 2.33. The normalized spacial score (nSPS) is 18.2. The van der Waals surface area contributed by atoms with Gasteiger partial charge in [-0.1, -0.05) is 6.07 Å². The molecule has 1 unspecified atom stereocenters. The van der Waals surface area contributed by atoms with Crippen LogP contribution in [0.3, 0.4) is 0 Å². The van der Waals surface area contributed by atoms with Crippen LogP contribution in [0.2, 0.25) is 0 Å². The van der Waals surface area contributed by atoms with E-state index >= 15 is 0 Å². The first-order valence-electron chi connectivity index (χ1n) is 9.23. The molecule has 1 saturated heterocycles. The van der Waals surface area contributed by atoms with Gasteiger partial charge >= 0.3 is 6.03 Å². The van der Waals surface area contributed by atoms with Gasteiger partial charge in [-0.25, -0.2) is 18.0 Å². The molecule has 1 atom stereocenters. The van der Waals surface area contributed by atoms with Crippen molar-refractivity contribution in [2.45, 2.75) is 19.0 Å². The van der Waals surface area contributed by atoms with Gasteiger partial charge in [-0.2, -0.15) is 0 Å². The van der Waals surface area contributed by atoms with Gasteiger partial charge in [-0.3, -0.25) is 14.5 Å². The summed E-state index contributed by atoms with van der Waals surface area (Å²) in [4.78, 5) is 39.6. The lowest BCUT2D eigenvalue weighted by atomic mass is 9.91. The van der Waals surface area contributed by atoms with Gasteiger partial charge in [0.25, 0.3) is 5.91 Å². The van der Waals surface area contributed by atoms with Gasteiger partial charge in [0.2, 0.25) is 5.91 Å². The predicted octanol–water partition coefficient (Wildman–Crippen LogP) is 2.54. The minimum absolute atomic E-state index is 0.0131. The number of benzene rings is 2. The van der Waals surface area contributed by atoms with Gasteiger partial charge in [-0.05, 0) is 42.8 Å². The fourth-order valence-electron chi connectivity index (χ4n) is 3.33. The van der Waals surface area contributed by atoms with Gasteiger partial charge in [0.15, 0.2) is 11.6 Å². The van der Waals surface area contributed by atoms with Crippen LogP contribution in [-0.2, 0) is 21.7 Å². The molecule has 1 aliphatic heterocycles. The van der Waals surface area contributed by atoms with Crippen LogP contribution in [0.5, 0.6) is 5.75 Å². The van der Waals surface area contributed by atoms with Crippen LogP contribution in [0, 0.1) is 17.5 Å². The molecule has 2 aromatic carbocycles. The molecule has 1 fully saturated rings. The Balaban J connectivity index is 1.74. The predicted molar refractivity (Wildman–Crippen MR) is 103 cm³/mol. The molecule has 0 saturated carbocycles. The number of amides is 4. The number of rotatable bonds is 6. The average Bonchev–Trinajstić information content (AvgIpc) is 2.93. The minimum atomic E-state index is -1.86. The van der Waals surface area contributed by atoms with Crippen LogP contribution in [0.4, 0.5) is 18.0 Å². The zero-order chi connectivity index (χ0) is 22.9. The highest BCUT2D eigenvalue weighted by Crippen LogP contribution is 2.31. The molecule has 164 valence electrons. The molecule has 10 heteroatoms. The molecule has 0 spiro atoms. The quantitative estimate of drug-likeness (QED) is 0.708. The van der Waals surface area contributed by atoms with E-state index in [9.17, 15) is 27.6 Å². The van der Waals surface area contributed by atoms with Crippen LogP contribution in [0.25, 0.3) is 0 Å². The van der Waals surface area contributed by atoms with Crippen LogP contribution < -0.4 is 10.1 Å². The highest BCUT2D eigenvalue weighted by atomic mass is 19.1. The molecule has 0 bridgehead atoms. The van der Waals surface area contributed by atoms with Crippen molar-refractivity contribution in [2.24, 2.45) is 0 Å². The largest absolute Gasteiger partial charge is 0.494 e. The maximum absolute atomic E-state index is 14.2. The number of hydrogen-bond acceptors (Lipinski definition) is 4. The first kappa shape index (κ1) is 22.1. The van der Waals surface area contributed by atoms with Crippen LogP contribution in [0.1, 0.15) is 18.1 Å². The van der Waals surface area contributed by atoms with Crippen molar-refractivity contribution < 1.29 is 32.3 Å². The smallest absolute Gasteiger partial charge is 0.325 e. The van der Waals surface area contributed by atoms with E-state index in [-0.39, 0.29) is 17.9 Å². The second-order valence-corrected chi connectivity index (χ2v) is 7.29. The molecule has 0 aliphatic carbocycles. The third-order valence-corrected chi connectivity index (χ3v) is 5.10. The number of hydrogen-bond donors (Lipinski definition) is 1. The molecule has 1 N–H and O–H groups in total. The molecule has 1 heterocycles. The first-order valence-corrected chi connectivity index (χ1v) is 9.23. The van der Waals surface area contributed by atoms with Crippen molar-refractivity contribution in [3.05, 3.63) is 65.0 Å². The lowest BCUT2D eigenvalue weighted by Crippen LogP contribution is -2.44. The topological polar surface area (TPSA) is 79.0 Å². The Morgan fingerprint density at radius 2 is 1.84 bits per heavy atom. The summed E-state index contributed by atoms with van der Waals surface area (Å²) in [5.74, 6) is -3.68. The molecular weight excluding hydrogens is 415 g/mol. The zero-order valence-electron chi connectivity index (χ0n) is 17.0. The minimum Gasteiger partial charge on any atom is -0.494 e. The van der Waals surface area contributed by atoms with E-state index in [0.29, 0.717) is 10.5 Å². The molecule has 0 aromatic heterocycles. The number of imide groups is 1. The lowest BCUT2D eigenvalue weighted by molar-refractivity contribution is -0.138. The van der Waals surface area contributed by atoms with Gasteiger partial charge in [0.05, 0.1) is 7.11 Å². The Morgan fingerprint density at radius 1 is 1.13 bits per heavy atom. The number of methoxy groups -OCH3 is 1. The van der Waals surface area contributed by atoms with Crippen molar-refractivity contribution in [1.82, 2.24) is 15.1 Å².